The molecule has 14 heavy (non-hydrogen) atoms. The van der Waals surface area contributed by atoms with Gasteiger partial charge in [-0.2, -0.15) is 5.26 Å². The number of allylic oxidation sites excluding steroid dienone is 1. The highest BCUT2D eigenvalue weighted by Crippen LogP contribution is 2.29. The third-order valence-electron chi connectivity index (χ3n) is 2.66. The molecule has 0 N–H and O–H groups in total. The van der Waals surface area contributed by atoms with Crippen LogP contribution in [0.25, 0.3) is 0 Å². The highest BCUT2D eigenvalue weighted by atomic mass is 14.7. The molecule has 0 radical (unpaired) electrons. The van der Waals surface area contributed by atoms with Gasteiger partial charge in [-0.25, -0.2) is 4.98 Å². The van der Waals surface area contributed by atoms with Crippen molar-refractivity contribution in [3.8, 4) is 6.07 Å². The van der Waals surface area contributed by atoms with Gasteiger partial charge in [0.2, 0.25) is 0 Å². The second-order valence-electron chi connectivity index (χ2n) is 3.95. The molecule has 2 nitrogen and oxygen atoms in total. The zero-order valence-electron chi connectivity index (χ0n) is 8.83. The maximum atomic E-state index is 8.73. The number of nitriles is 1. The van der Waals surface area contributed by atoms with Gasteiger partial charge in [0.1, 0.15) is 11.8 Å². The van der Waals surface area contributed by atoms with Crippen LogP contribution in [0.15, 0.2) is 30.5 Å². The minimum absolute atomic E-state index is 0.103. The van der Waals surface area contributed by atoms with Gasteiger partial charge in [0.25, 0.3) is 0 Å². The van der Waals surface area contributed by atoms with Crippen LogP contribution in [0, 0.1) is 11.3 Å². The molecule has 0 fully saturated rings. The Labute approximate surface area is 84.9 Å². The number of nitrogens with zero attached hydrogens (tertiary/aromatic N) is 2. The van der Waals surface area contributed by atoms with Crippen LogP contribution in [0.4, 0.5) is 0 Å². The van der Waals surface area contributed by atoms with Gasteiger partial charge in [-0.3, -0.25) is 0 Å². The van der Waals surface area contributed by atoms with Gasteiger partial charge in [-0.1, -0.05) is 26.0 Å². The molecule has 0 aromatic carbocycles. The summed E-state index contributed by atoms with van der Waals surface area (Å²) in [6.45, 7) is 10.1. The molecule has 2 heteroatoms. The van der Waals surface area contributed by atoms with Crippen molar-refractivity contribution in [1.82, 2.24) is 4.98 Å². The summed E-state index contributed by atoms with van der Waals surface area (Å²) in [5, 5.41) is 8.73. The van der Waals surface area contributed by atoms with Gasteiger partial charge in [0.15, 0.2) is 0 Å². The first-order chi connectivity index (χ1) is 6.48. The van der Waals surface area contributed by atoms with Crippen LogP contribution in [-0.2, 0) is 5.41 Å². The van der Waals surface area contributed by atoms with Crippen molar-refractivity contribution in [2.45, 2.75) is 26.2 Å². The normalized spacial score (nSPS) is 10.7. The molecular weight excluding hydrogens is 172 g/mol. The summed E-state index contributed by atoms with van der Waals surface area (Å²) in [5.41, 5.74) is 2.51. The van der Waals surface area contributed by atoms with Gasteiger partial charge >= 0.3 is 0 Å². The fraction of sp³-hybridized carbons (Fsp3) is 0.333. The number of hydrogen-bond donors (Lipinski definition) is 0. The first kappa shape index (κ1) is 10.5. The summed E-state index contributed by atoms with van der Waals surface area (Å²) >= 11 is 0. The Kier molecular flexibility index (Phi) is 2.71. The monoisotopic (exact) mass is 186 g/mol. The standard InChI is InChI=1S/C12H14N2/c1-9(2)12(3,4)10-5-6-14-11(7-10)8-13/h5-7H,1H2,2-4H3. The predicted molar refractivity (Wildman–Crippen MR) is 56.8 cm³/mol. The highest BCUT2D eigenvalue weighted by molar-refractivity contribution is 5.35. The molecule has 0 saturated carbocycles. The van der Waals surface area contributed by atoms with Gasteiger partial charge in [0, 0.05) is 11.6 Å². The van der Waals surface area contributed by atoms with Crippen molar-refractivity contribution in [3.05, 3.63) is 41.7 Å². The van der Waals surface area contributed by atoms with E-state index in [9.17, 15) is 0 Å². The van der Waals surface area contributed by atoms with Gasteiger partial charge in [-0.05, 0) is 24.6 Å². The molecule has 0 bridgehead atoms. The Morgan fingerprint density at radius 1 is 1.57 bits per heavy atom. The number of rotatable bonds is 2. The lowest BCUT2D eigenvalue weighted by atomic mass is 9.79. The van der Waals surface area contributed by atoms with Crippen LogP contribution >= 0.6 is 0 Å². The fourth-order valence-corrected chi connectivity index (χ4v) is 1.13. The zero-order chi connectivity index (χ0) is 10.8. The minimum Gasteiger partial charge on any atom is -0.246 e. The van der Waals surface area contributed by atoms with Crippen molar-refractivity contribution in [2.24, 2.45) is 0 Å². The van der Waals surface area contributed by atoms with E-state index >= 15 is 0 Å². The van der Waals surface area contributed by atoms with Crippen LogP contribution in [-0.4, -0.2) is 4.98 Å². The molecule has 1 heterocycles. The van der Waals surface area contributed by atoms with Gasteiger partial charge in [0.05, 0.1) is 0 Å². The van der Waals surface area contributed by atoms with Gasteiger partial charge < -0.3 is 0 Å². The second-order valence-corrected chi connectivity index (χ2v) is 3.95. The first-order valence-electron chi connectivity index (χ1n) is 4.51. The maximum absolute atomic E-state index is 8.73. The Balaban J connectivity index is 3.21. The average molecular weight is 186 g/mol. The largest absolute Gasteiger partial charge is 0.246 e. The van der Waals surface area contributed by atoms with E-state index in [1.807, 2.05) is 25.1 Å². The van der Waals surface area contributed by atoms with Crippen molar-refractivity contribution in [2.75, 3.05) is 0 Å². The quantitative estimate of drug-likeness (QED) is 0.666. The van der Waals surface area contributed by atoms with E-state index in [-0.39, 0.29) is 5.41 Å². The van der Waals surface area contributed by atoms with Gasteiger partial charge in [-0.15, -0.1) is 0 Å². The average Bonchev–Trinajstić information content (AvgIpc) is 2.17. The number of pyridine rings is 1. The summed E-state index contributed by atoms with van der Waals surface area (Å²) in [5.74, 6) is 0. The molecule has 0 spiro atoms. The minimum atomic E-state index is -0.103. The van der Waals surface area contributed by atoms with Crippen molar-refractivity contribution < 1.29 is 0 Å². The molecular formula is C12H14N2. The molecule has 0 atom stereocenters. The molecule has 1 aromatic heterocycles. The molecule has 0 amide bonds. The lowest BCUT2D eigenvalue weighted by Gasteiger charge is -2.25. The van der Waals surface area contributed by atoms with Crippen molar-refractivity contribution in [3.63, 3.8) is 0 Å². The molecule has 72 valence electrons. The van der Waals surface area contributed by atoms with E-state index in [2.05, 4.69) is 25.4 Å². The van der Waals surface area contributed by atoms with Crippen LogP contribution in [0.2, 0.25) is 0 Å². The van der Waals surface area contributed by atoms with E-state index in [0.29, 0.717) is 5.69 Å². The summed E-state index contributed by atoms with van der Waals surface area (Å²) in [7, 11) is 0. The van der Waals surface area contributed by atoms with E-state index in [0.717, 1.165) is 11.1 Å². The second kappa shape index (κ2) is 3.63. The topological polar surface area (TPSA) is 36.7 Å². The summed E-state index contributed by atoms with van der Waals surface area (Å²) in [6, 6.07) is 5.78. The molecule has 0 aliphatic carbocycles. The summed E-state index contributed by atoms with van der Waals surface area (Å²) in [6.07, 6.45) is 1.67. The number of aromatic nitrogens is 1. The molecule has 0 aliphatic rings. The third kappa shape index (κ3) is 1.82. The molecule has 0 aliphatic heterocycles. The Hall–Kier alpha value is -1.62. The SMILES string of the molecule is C=C(C)C(C)(C)c1ccnc(C#N)c1. The summed E-state index contributed by atoms with van der Waals surface area (Å²) in [4.78, 5) is 3.94. The van der Waals surface area contributed by atoms with E-state index in [4.69, 9.17) is 5.26 Å². The molecule has 0 saturated heterocycles. The fourth-order valence-electron chi connectivity index (χ4n) is 1.13. The van der Waals surface area contributed by atoms with E-state index < -0.39 is 0 Å². The van der Waals surface area contributed by atoms with Crippen molar-refractivity contribution in [1.29, 1.82) is 5.26 Å². The maximum Gasteiger partial charge on any atom is 0.140 e. The molecule has 1 aromatic rings. The lowest BCUT2D eigenvalue weighted by Crippen LogP contribution is -2.18. The van der Waals surface area contributed by atoms with E-state index in [1.165, 1.54) is 0 Å². The van der Waals surface area contributed by atoms with Crippen LogP contribution < -0.4 is 0 Å². The van der Waals surface area contributed by atoms with Crippen LogP contribution in [0.1, 0.15) is 32.0 Å². The smallest absolute Gasteiger partial charge is 0.140 e. The molecule has 1 rings (SSSR count). The van der Waals surface area contributed by atoms with Crippen molar-refractivity contribution >= 4 is 0 Å². The third-order valence-corrected chi connectivity index (χ3v) is 2.66. The Morgan fingerprint density at radius 2 is 2.21 bits per heavy atom. The molecule has 0 unspecified atom stereocenters. The first-order valence-corrected chi connectivity index (χ1v) is 4.51. The zero-order valence-corrected chi connectivity index (χ0v) is 8.83. The van der Waals surface area contributed by atoms with Crippen LogP contribution in [0.3, 0.4) is 0 Å². The Morgan fingerprint density at radius 3 is 2.71 bits per heavy atom. The van der Waals surface area contributed by atoms with Crippen LogP contribution in [0.5, 0.6) is 0 Å². The predicted octanol–water partition coefficient (Wildman–Crippen LogP) is 2.81. The highest BCUT2D eigenvalue weighted by Gasteiger charge is 2.21. The summed E-state index contributed by atoms with van der Waals surface area (Å²) < 4.78 is 0. The lowest BCUT2D eigenvalue weighted by molar-refractivity contribution is 0.624. The Bertz CT molecular complexity index is 397. The van der Waals surface area contributed by atoms with E-state index in [1.54, 1.807) is 6.20 Å². The number of hydrogen-bond acceptors (Lipinski definition) is 2.